The highest BCUT2D eigenvalue weighted by atomic mass is 33.1. The second-order valence-electron chi connectivity index (χ2n) is 4.91. The standard InChI is InChI=1S/C18H20N2O2S2/c21-17(19-11-15-7-3-1-4-8-15)13-23-24-14-18(22)20-12-16-9-5-2-6-10-16/h1-12,17-18,21-22H,13-14H2. The molecule has 2 N–H and O–H groups in total. The van der Waals surface area contributed by atoms with E-state index < -0.39 is 12.5 Å². The average molecular weight is 361 g/mol. The highest BCUT2D eigenvalue weighted by Crippen LogP contribution is 2.23. The summed E-state index contributed by atoms with van der Waals surface area (Å²) < 4.78 is 0. The van der Waals surface area contributed by atoms with Gasteiger partial charge in [0.1, 0.15) is 0 Å². The third kappa shape index (κ3) is 7.79. The summed E-state index contributed by atoms with van der Waals surface area (Å²) in [6, 6.07) is 19.3. The van der Waals surface area contributed by atoms with E-state index in [2.05, 4.69) is 9.98 Å². The molecule has 0 aliphatic rings. The summed E-state index contributed by atoms with van der Waals surface area (Å²) in [7, 11) is 2.93. The summed E-state index contributed by atoms with van der Waals surface area (Å²) in [6.07, 6.45) is 1.81. The molecule has 0 aliphatic heterocycles. The molecule has 2 unspecified atom stereocenters. The van der Waals surface area contributed by atoms with Crippen molar-refractivity contribution in [3.8, 4) is 0 Å². The van der Waals surface area contributed by atoms with Gasteiger partial charge >= 0.3 is 0 Å². The van der Waals surface area contributed by atoms with Crippen LogP contribution in [-0.4, -0.2) is 46.6 Å². The fraction of sp³-hybridized carbons (Fsp3) is 0.222. The summed E-state index contributed by atoms with van der Waals surface area (Å²) in [5.41, 5.74) is 1.92. The summed E-state index contributed by atoms with van der Waals surface area (Å²) in [5.74, 6) is 0.923. The number of aliphatic hydroxyl groups is 2. The molecule has 0 spiro atoms. The molecule has 2 rings (SSSR count). The predicted molar refractivity (Wildman–Crippen MR) is 105 cm³/mol. The minimum Gasteiger partial charge on any atom is -0.371 e. The second kappa shape index (κ2) is 11.0. The molecule has 0 amide bonds. The molecule has 0 aromatic heterocycles. The highest BCUT2D eigenvalue weighted by molar-refractivity contribution is 8.76. The maximum absolute atomic E-state index is 9.80. The van der Waals surface area contributed by atoms with Crippen LogP contribution in [-0.2, 0) is 0 Å². The first-order chi connectivity index (χ1) is 11.7. The SMILES string of the molecule is OC(CSSCC(O)N=Cc1ccccc1)N=Cc1ccccc1. The smallest absolute Gasteiger partial charge is 0.154 e. The van der Waals surface area contributed by atoms with Gasteiger partial charge in [-0.15, -0.1) is 0 Å². The van der Waals surface area contributed by atoms with E-state index in [-0.39, 0.29) is 0 Å². The summed E-state index contributed by atoms with van der Waals surface area (Å²) in [4.78, 5) is 8.18. The first-order valence-electron chi connectivity index (χ1n) is 7.51. The van der Waals surface area contributed by atoms with Crippen LogP contribution in [0.1, 0.15) is 11.1 Å². The van der Waals surface area contributed by atoms with E-state index in [1.165, 1.54) is 21.6 Å². The van der Waals surface area contributed by atoms with E-state index in [0.717, 1.165) is 11.1 Å². The Morgan fingerprint density at radius 3 is 1.46 bits per heavy atom. The third-order valence-corrected chi connectivity index (χ3v) is 5.26. The lowest BCUT2D eigenvalue weighted by molar-refractivity contribution is 0.210. The molecule has 0 aliphatic carbocycles. The Morgan fingerprint density at radius 2 is 1.08 bits per heavy atom. The van der Waals surface area contributed by atoms with Crippen molar-refractivity contribution in [2.75, 3.05) is 11.5 Å². The molecule has 2 atom stereocenters. The molecule has 24 heavy (non-hydrogen) atoms. The summed E-state index contributed by atoms with van der Waals surface area (Å²) in [5, 5.41) is 19.6. The van der Waals surface area contributed by atoms with Crippen molar-refractivity contribution in [2.45, 2.75) is 12.5 Å². The van der Waals surface area contributed by atoms with Crippen molar-refractivity contribution in [3.63, 3.8) is 0 Å². The van der Waals surface area contributed by atoms with E-state index in [4.69, 9.17) is 0 Å². The highest BCUT2D eigenvalue weighted by Gasteiger charge is 2.04. The number of hydrogen-bond donors (Lipinski definition) is 2. The van der Waals surface area contributed by atoms with Crippen LogP contribution in [0.3, 0.4) is 0 Å². The normalized spacial score (nSPS) is 14.2. The zero-order valence-corrected chi connectivity index (χ0v) is 14.7. The van der Waals surface area contributed by atoms with Gasteiger partial charge in [0.15, 0.2) is 12.5 Å². The number of rotatable bonds is 9. The topological polar surface area (TPSA) is 65.2 Å². The van der Waals surface area contributed by atoms with Crippen LogP contribution < -0.4 is 0 Å². The van der Waals surface area contributed by atoms with Crippen molar-refractivity contribution < 1.29 is 10.2 Å². The number of aliphatic imine (C=N–C) groups is 2. The van der Waals surface area contributed by atoms with Gasteiger partial charge in [0.25, 0.3) is 0 Å². The lowest BCUT2D eigenvalue weighted by Gasteiger charge is -2.06. The van der Waals surface area contributed by atoms with Crippen LogP contribution in [0, 0.1) is 0 Å². The van der Waals surface area contributed by atoms with Gasteiger partial charge in [0.05, 0.1) is 11.5 Å². The molecule has 0 saturated heterocycles. The molecule has 6 heteroatoms. The molecule has 0 fully saturated rings. The quantitative estimate of drug-likeness (QED) is 0.409. The third-order valence-electron chi connectivity index (χ3n) is 2.91. The van der Waals surface area contributed by atoms with Gasteiger partial charge < -0.3 is 10.2 Å². The first kappa shape index (κ1) is 18.7. The van der Waals surface area contributed by atoms with Crippen molar-refractivity contribution in [2.24, 2.45) is 9.98 Å². The van der Waals surface area contributed by atoms with E-state index in [1.807, 2.05) is 60.7 Å². The zero-order chi connectivity index (χ0) is 17.0. The van der Waals surface area contributed by atoms with E-state index in [0.29, 0.717) is 11.5 Å². The molecule has 2 aromatic carbocycles. The first-order valence-corrected chi connectivity index (χ1v) is 10.00. The Labute approximate surface area is 150 Å². The molecule has 126 valence electrons. The predicted octanol–water partition coefficient (Wildman–Crippen LogP) is 3.24. The van der Waals surface area contributed by atoms with Gasteiger partial charge in [-0.25, -0.2) is 0 Å². The largest absolute Gasteiger partial charge is 0.371 e. The molecular formula is C18H20N2O2S2. The second-order valence-corrected chi connectivity index (χ2v) is 7.46. The molecule has 2 aromatic rings. The monoisotopic (exact) mass is 360 g/mol. The van der Waals surface area contributed by atoms with Crippen molar-refractivity contribution in [1.82, 2.24) is 0 Å². The molecule has 0 heterocycles. The van der Waals surface area contributed by atoms with Gasteiger partial charge in [-0.3, -0.25) is 9.98 Å². The van der Waals surface area contributed by atoms with Gasteiger partial charge in [-0.2, -0.15) is 0 Å². The van der Waals surface area contributed by atoms with Crippen LogP contribution in [0.15, 0.2) is 70.6 Å². The van der Waals surface area contributed by atoms with Crippen molar-refractivity contribution in [1.29, 1.82) is 0 Å². The Hall–Kier alpha value is -1.60. The molecule has 0 bridgehead atoms. The van der Waals surface area contributed by atoms with E-state index in [1.54, 1.807) is 12.4 Å². The van der Waals surface area contributed by atoms with Crippen LogP contribution in [0.2, 0.25) is 0 Å². The molecule has 0 saturated carbocycles. The van der Waals surface area contributed by atoms with Crippen LogP contribution in [0.4, 0.5) is 0 Å². The fourth-order valence-corrected chi connectivity index (χ4v) is 3.64. The number of nitrogens with zero attached hydrogens (tertiary/aromatic N) is 2. The fourth-order valence-electron chi connectivity index (χ4n) is 1.73. The lowest BCUT2D eigenvalue weighted by atomic mass is 10.2. The van der Waals surface area contributed by atoms with E-state index >= 15 is 0 Å². The molecule has 0 radical (unpaired) electrons. The lowest BCUT2D eigenvalue weighted by Crippen LogP contribution is -2.08. The Kier molecular flexibility index (Phi) is 8.62. The number of hydrogen-bond acceptors (Lipinski definition) is 6. The molecule has 4 nitrogen and oxygen atoms in total. The number of benzene rings is 2. The summed E-state index contributed by atoms with van der Waals surface area (Å²) in [6.45, 7) is 0. The van der Waals surface area contributed by atoms with E-state index in [9.17, 15) is 10.2 Å². The van der Waals surface area contributed by atoms with Gasteiger partial charge in [-0.05, 0) is 11.1 Å². The van der Waals surface area contributed by atoms with Crippen LogP contribution >= 0.6 is 21.6 Å². The maximum Gasteiger partial charge on any atom is 0.154 e. The summed E-state index contributed by atoms with van der Waals surface area (Å²) >= 11 is 0. The Balaban J connectivity index is 1.62. The van der Waals surface area contributed by atoms with Gasteiger partial charge in [-0.1, -0.05) is 82.3 Å². The van der Waals surface area contributed by atoms with Crippen molar-refractivity contribution >= 4 is 34.0 Å². The Bertz CT molecular complexity index is 578. The zero-order valence-electron chi connectivity index (χ0n) is 13.1. The van der Waals surface area contributed by atoms with Gasteiger partial charge in [0, 0.05) is 12.4 Å². The minimum atomic E-state index is -0.757. The average Bonchev–Trinajstić information content (AvgIpc) is 2.63. The maximum atomic E-state index is 9.80. The molecular weight excluding hydrogens is 340 g/mol. The van der Waals surface area contributed by atoms with Crippen molar-refractivity contribution in [3.05, 3.63) is 71.8 Å². The van der Waals surface area contributed by atoms with Gasteiger partial charge in [0.2, 0.25) is 0 Å². The minimum absolute atomic E-state index is 0.461. The number of aliphatic hydroxyl groups excluding tert-OH is 2. The van der Waals surface area contributed by atoms with Crippen LogP contribution in [0.5, 0.6) is 0 Å². The Morgan fingerprint density at radius 1 is 0.708 bits per heavy atom. The van der Waals surface area contributed by atoms with Crippen LogP contribution in [0.25, 0.3) is 0 Å².